The standard InChI is InChI=1S/C58H76N6S6/c1-8-14-18-20-24-40-26-28-47(66-40)42-31-45(59)52(56-54(42)61-69-63-56)49-30-37(7)58(34-38(12-5)22-16-10-3,35-39(13-6)23-17-11-4)44-33-50(68-51(44)36-65-49)53-46(60)32-43(55-57(53)64-70-62-55)48-29-27-41(67-48)25-21-19-15-9-2/h26-33,38-39H,7-25,34-36,59-60H2,1-6H3/b49-30-. The molecule has 70 heavy (non-hydrogen) atoms. The van der Waals surface area contributed by atoms with Gasteiger partial charge in [0.1, 0.15) is 22.1 Å². The number of fused-ring (bicyclic) bond motifs is 3. The first-order chi connectivity index (χ1) is 34.2. The molecule has 0 radical (unpaired) electrons. The molecule has 6 nitrogen and oxygen atoms in total. The summed E-state index contributed by atoms with van der Waals surface area (Å²) in [5.74, 6) is 1.92. The molecule has 0 saturated carbocycles. The first kappa shape index (κ1) is 52.9. The topological polar surface area (TPSA) is 104 Å². The summed E-state index contributed by atoms with van der Waals surface area (Å²) in [5.41, 5.74) is 26.3. The van der Waals surface area contributed by atoms with Gasteiger partial charge in [0.2, 0.25) is 0 Å². The Balaban J connectivity index is 1.25. The van der Waals surface area contributed by atoms with Gasteiger partial charge in [-0.3, -0.25) is 0 Å². The molecule has 4 N–H and O–H groups in total. The summed E-state index contributed by atoms with van der Waals surface area (Å²) >= 11 is 10.1. The van der Waals surface area contributed by atoms with E-state index in [9.17, 15) is 0 Å². The molecule has 1 aliphatic rings. The highest BCUT2D eigenvalue weighted by molar-refractivity contribution is 8.07. The lowest BCUT2D eigenvalue weighted by Gasteiger charge is -2.42. The Morgan fingerprint density at radius 1 is 0.571 bits per heavy atom. The number of nitrogen functional groups attached to an aromatic ring is 2. The van der Waals surface area contributed by atoms with E-state index in [0.717, 1.165) is 105 Å². The molecule has 7 aromatic rings. The maximum atomic E-state index is 7.31. The third-order valence-corrected chi connectivity index (χ3v) is 20.8. The van der Waals surface area contributed by atoms with Crippen LogP contribution in [0.25, 0.3) is 58.3 Å². The molecular formula is C58H76N6S6. The van der Waals surface area contributed by atoms with E-state index in [1.54, 1.807) is 0 Å². The molecule has 2 aromatic carbocycles. The maximum Gasteiger partial charge on any atom is 0.116 e. The molecule has 0 aliphatic carbocycles. The molecule has 1 aliphatic heterocycles. The smallest absolute Gasteiger partial charge is 0.116 e. The average molecular weight is 1050 g/mol. The van der Waals surface area contributed by atoms with Gasteiger partial charge in [-0.15, -0.1) is 45.8 Å². The second-order valence-corrected chi connectivity index (χ2v) is 25.5. The molecule has 0 bridgehead atoms. The van der Waals surface area contributed by atoms with E-state index in [1.165, 1.54) is 154 Å². The van der Waals surface area contributed by atoms with Crippen molar-refractivity contribution in [1.29, 1.82) is 0 Å². The highest BCUT2D eigenvalue weighted by atomic mass is 32.2. The number of nitrogens with zero attached hydrogens (tertiary/aromatic N) is 4. The summed E-state index contributed by atoms with van der Waals surface area (Å²) in [6, 6.07) is 16.0. The quantitative estimate of drug-likeness (QED) is 0.0411. The Kier molecular flexibility index (Phi) is 18.9. The number of hydrogen-bond donors (Lipinski definition) is 2. The van der Waals surface area contributed by atoms with Crippen LogP contribution in [0, 0.1) is 11.8 Å². The van der Waals surface area contributed by atoms with Crippen molar-refractivity contribution < 1.29 is 0 Å². The van der Waals surface area contributed by atoms with Crippen LogP contribution in [-0.4, -0.2) is 17.5 Å². The molecule has 6 heterocycles. The van der Waals surface area contributed by atoms with Crippen LogP contribution in [0.15, 0.2) is 60.7 Å². The molecule has 374 valence electrons. The maximum absolute atomic E-state index is 7.31. The van der Waals surface area contributed by atoms with Crippen LogP contribution in [-0.2, 0) is 24.0 Å². The largest absolute Gasteiger partial charge is 0.398 e. The van der Waals surface area contributed by atoms with Gasteiger partial charge >= 0.3 is 0 Å². The summed E-state index contributed by atoms with van der Waals surface area (Å²) < 4.78 is 20.1. The van der Waals surface area contributed by atoms with Crippen molar-refractivity contribution >= 4 is 108 Å². The number of thiophene rings is 3. The Morgan fingerprint density at radius 3 is 1.59 bits per heavy atom. The number of benzene rings is 2. The summed E-state index contributed by atoms with van der Waals surface area (Å²) in [6.07, 6.45) is 26.5. The fourth-order valence-electron chi connectivity index (χ4n) is 10.9. The second kappa shape index (κ2) is 25.0. The molecule has 2 unspecified atom stereocenters. The van der Waals surface area contributed by atoms with Crippen molar-refractivity contribution in [2.45, 2.75) is 181 Å². The zero-order valence-corrected chi connectivity index (χ0v) is 47.6. The first-order valence-electron chi connectivity index (χ1n) is 26.6. The number of rotatable bonds is 26. The Hall–Kier alpha value is -3.39. The summed E-state index contributed by atoms with van der Waals surface area (Å²) in [5, 5.41) is 0. The average Bonchev–Trinajstić information content (AvgIpc) is 4.23. The van der Waals surface area contributed by atoms with E-state index in [2.05, 4.69) is 90.1 Å². The molecule has 0 amide bonds. The number of thioether (sulfide) groups is 1. The number of aromatic nitrogens is 4. The number of allylic oxidation sites excluding steroid dienone is 2. The van der Waals surface area contributed by atoms with Gasteiger partial charge in [0.15, 0.2) is 0 Å². The van der Waals surface area contributed by atoms with Gasteiger partial charge in [-0.25, -0.2) is 0 Å². The molecule has 2 atom stereocenters. The van der Waals surface area contributed by atoms with Crippen LogP contribution in [0.5, 0.6) is 0 Å². The van der Waals surface area contributed by atoms with Crippen LogP contribution in [0.2, 0.25) is 0 Å². The van der Waals surface area contributed by atoms with Gasteiger partial charge in [0, 0.05) is 79.0 Å². The number of unbranched alkanes of at least 4 members (excludes halogenated alkanes) is 8. The van der Waals surface area contributed by atoms with Crippen molar-refractivity contribution in [2.24, 2.45) is 11.8 Å². The molecular weight excluding hydrogens is 973 g/mol. The minimum atomic E-state index is -0.295. The van der Waals surface area contributed by atoms with Gasteiger partial charge < -0.3 is 11.5 Å². The van der Waals surface area contributed by atoms with Gasteiger partial charge in [-0.2, -0.15) is 17.5 Å². The zero-order valence-electron chi connectivity index (χ0n) is 42.7. The van der Waals surface area contributed by atoms with Crippen LogP contribution >= 0.6 is 69.2 Å². The van der Waals surface area contributed by atoms with Gasteiger partial charge in [-0.05, 0) is 110 Å². The van der Waals surface area contributed by atoms with Crippen LogP contribution in [0.4, 0.5) is 11.4 Å². The molecule has 8 rings (SSSR count). The lowest BCUT2D eigenvalue weighted by molar-refractivity contribution is 0.261. The first-order valence-corrected chi connectivity index (χ1v) is 31.5. The van der Waals surface area contributed by atoms with Gasteiger partial charge in [-0.1, -0.05) is 138 Å². The fourth-order valence-corrected chi connectivity index (χ4v) is 16.7. The predicted octanol–water partition coefficient (Wildman–Crippen LogP) is 19.6. The Bertz CT molecular complexity index is 2840. The van der Waals surface area contributed by atoms with E-state index >= 15 is 0 Å². The zero-order chi connectivity index (χ0) is 49.2. The van der Waals surface area contributed by atoms with Crippen molar-refractivity contribution in [3.63, 3.8) is 0 Å². The van der Waals surface area contributed by atoms with E-state index < -0.39 is 0 Å². The lowest BCUT2D eigenvalue weighted by Crippen LogP contribution is -2.34. The third-order valence-electron chi connectivity index (χ3n) is 15.0. The Morgan fingerprint density at radius 2 is 1.07 bits per heavy atom. The summed E-state index contributed by atoms with van der Waals surface area (Å²) in [4.78, 5) is 8.98. The van der Waals surface area contributed by atoms with Gasteiger partial charge in [0.05, 0.1) is 23.5 Å². The summed E-state index contributed by atoms with van der Waals surface area (Å²) in [6.45, 7) is 19.2. The highest BCUT2D eigenvalue weighted by Crippen LogP contribution is 2.56. The number of nitrogens with two attached hydrogens (primary N) is 2. The van der Waals surface area contributed by atoms with E-state index in [4.69, 9.17) is 35.5 Å². The highest BCUT2D eigenvalue weighted by Gasteiger charge is 2.42. The minimum Gasteiger partial charge on any atom is -0.398 e. The van der Waals surface area contributed by atoms with Crippen LogP contribution in [0.3, 0.4) is 0 Å². The van der Waals surface area contributed by atoms with E-state index in [0.29, 0.717) is 11.8 Å². The predicted molar refractivity (Wildman–Crippen MR) is 315 cm³/mol. The molecule has 5 aromatic heterocycles. The second-order valence-electron chi connectivity index (χ2n) is 19.9. The normalized spacial score (nSPS) is 16.9. The fraction of sp³-hybridized carbons (Fsp3) is 0.517. The number of hydrogen-bond acceptors (Lipinski definition) is 12. The van der Waals surface area contributed by atoms with Crippen LogP contribution < -0.4 is 11.5 Å². The van der Waals surface area contributed by atoms with Crippen molar-refractivity contribution in [1.82, 2.24) is 17.5 Å². The van der Waals surface area contributed by atoms with Crippen molar-refractivity contribution in [2.75, 3.05) is 11.5 Å². The molecule has 0 spiro atoms. The van der Waals surface area contributed by atoms with Crippen molar-refractivity contribution in [3.8, 4) is 31.3 Å². The molecule has 0 saturated heterocycles. The SMILES string of the molecule is C=C1/C=C(/c2c(N)cc(-c3ccc(CCCCCC)s3)c3nsnc23)SCc2sc(-c3c(N)cc(-c4ccc(CCCCCC)s4)c4nsnc34)cc2C1(CC(CC)CCCC)CC(CC)CCCC. The monoisotopic (exact) mass is 1050 g/mol. The van der Waals surface area contributed by atoms with Crippen LogP contribution in [0.1, 0.15) is 183 Å². The Labute approximate surface area is 443 Å². The van der Waals surface area contributed by atoms with E-state index in [1.807, 2.05) is 45.8 Å². The third kappa shape index (κ3) is 11.7. The van der Waals surface area contributed by atoms with Crippen molar-refractivity contribution in [3.05, 3.63) is 86.5 Å². The van der Waals surface area contributed by atoms with Gasteiger partial charge in [0.25, 0.3) is 0 Å². The lowest BCUT2D eigenvalue weighted by atomic mass is 9.62. The molecule has 0 fully saturated rings. The number of anilines is 2. The molecule has 12 heteroatoms. The number of aryl methyl sites for hydroxylation is 2. The summed E-state index contributed by atoms with van der Waals surface area (Å²) in [7, 11) is 0. The van der Waals surface area contributed by atoms with E-state index in [-0.39, 0.29) is 5.41 Å². The minimum absolute atomic E-state index is 0.295.